The van der Waals surface area contributed by atoms with Gasteiger partial charge in [-0.25, -0.2) is 12.7 Å². The molecule has 6 heteroatoms. The third-order valence-electron chi connectivity index (χ3n) is 4.18. The molecule has 5 nitrogen and oxygen atoms in total. The Morgan fingerprint density at radius 1 is 1.24 bits per heavy atom. The number of nitrogens with zero attached hydrogens (tertiary/aromatic N) is 1. The Morgan fingerprint density at radius 3 is 2.18 bits per heavy atom. The minimum absolute atomic E-state index is 0.230. The van der Waals surface area contributed by atoms with E-state index in [1.54, 1.807) is 0 Å². The fourth-order valence-electron chi connectivity index (χ4n) is 2.82. The Morgan fingerprint density at radius 2 is 1.76 bits per heavy atom. The molecule has 1 heterocycles. The van der Waals surface area contributed by atoms with Crippen LogP contribution in [0.5, 0.6) is 0 Å². The van der Waals surface area contributed by atoms with Crippen molar-refractivity contribution in [1.29, 1.82) is 0 Å². The Kier molecular flexibility index (Phi) is 2.78. The minimum atomic E-state index is -3.52. The lowest BCUT2D eigenvalue weighted by atomic mass is 9.81. The molecule has 0 aromatic rings. The van der Waals surface area contributed by atoms with Gasteiger partial charge in [0.1, 0.15) is 0 Å². The normalized spacial score (nSPS) is 29.8. The lowest BCUT2D eigenvalue weighted by Crippen LogP contribution is -2.75. The number of sulfonamides is 1. The molecule has 2 fully saturated rings. The predicted octanol–water partition coefficient (Wildman–Crippen LogP) is 0.599. The molecule has 0 aromatic carbocycles. The molecule has 0 atom stereocenters. The van der Waals surface area contributed by atoms with Gasteiger partial charge in [0.25, 0.3) is 15.9 Å². The number of rotatable bonds is 2. The number of hydrogen-bond donors (Lipinski definition) is 1. The topological polar surface area (TPSA) is 80.5 Å². The molecule has 2 N–H and O–H groups in total. The average molecular weight is 260 g/mol. The zero-order chi connectivity index (χ0) is 12.9. The van der Waals surface area contributed by atoms with Gasteiger partial charge in [0.15, 0.2) is 4.75 Å². The van der Waals surface area contributed by atoms with Crippen LogP contribution in [0.3, 0.4) is 0 Å². The van der Waals surface area contributed by atoms with Crippen molar-refractivity contribution < 1.29 is 13.2 Å². The third-order valence-corrected chi connectivity index (χ3v) is 6.68. The van der Waals surface area contributed by atoms with E-state index in [0.29, 0.717) is 12.8 Å². The van der Waals surface area contributed by atoms with Crippen LogP contribution in [0.1, 0.15) is 46.0 Å². The van der Waals surface area contributed by atoms with Crippen molar-refractivity contribution in [2.24, 2.45) is 5.73 Å². The molecule has 1 aliphatic heterocycles. The van der Waals surface area contributed by atoms with E-state index >= 15 is 0 Å². The van der Waals surface area contributed by atoms with Crippen molar-refractivity contribution in [3.05, 3.63) is 0 Å². The van der Waals surface area contributed by atoms with Gasteiger partial charge < -0.3 is 5.73 Å². The quantitative estimate of drug-likeness (QED) is 0.788. The molecule has 0 unspecified atom stereocenters. The van der Waals surface area contributed by atoms with Crippen LogP contribution in [-0.2, 0) is 14.8 Å². The number of hydrogen-bond acceptors (Lipinski definition) is 4. The van der Waals surface area contributed by atoms with Crippen LogP contribution in [-0.4, -0.2) is 35.5 Å². The molecule has 0 bridgehead atoms. The second kappa shape index (κ2) is 3.68. The average Bonchev–Trinajstić information content (AvgIpc) is 2.30. The highest BCUT2D eigenvalue weighted by Gasteiger charge is 2.65. The van der Waals surface area contributed by atoms with E-state index in [1.165, 1.54) is 13.8 Å². The van der Waals surface area contributed by atoms with Crippen LogP contribution in [0.2, 0.25) is 0 Å². The highest BCUT2D eigenvalue weighted by Crippen LogP contribution is 2.45. The second-order valence-electron chi connectivity index (χ2n) is 5.57. The Bertz CT molecular complexity index is 436. The molecular weight excluding hydrogens is 240 g/mol. The fourth-order valence-corrected chi connectivity index (χ4v) is 4.67. The smallest absolute Gasteiger partial charge is 0.259 e. The van der Waals surface area contributed by atoms with E-state index in [1.807, 2.05) is 0 Å². The van der Waals surface area contributed by atoms with Crippen molar-refractivity contribution in [3.8, 4) is 0 Å². The molecule has 0 aromatic heterocycles. The SMILES string of the molecule is CC1(C)C(=O)N(C2(CN)CCCCC2)S1(=O)=O. The lowest BCUT2D eigenvalue weighted by Gasteiger charge is -2.54. The van der Waals surface area contributed by atoms with E-state index in [9.17, 15) is 13.2 Å². The summed E-state index contributed by atoms with van der Waals surface area (Å²) in [5.74, 6) is -0.301. The van der Waals surface area contributed by atoms with Crippen LogP contribution in [0, 0.1) is 0 Å². The van der Waals surface area contributed by atoms with E-state index in [2.05, 4.69) is 0 Å². The van der Waals surface area contributed by atoms with E-state index < -0.39 is 20.3 Å². The first-order valence-corrected chi connectivity index (χ1v) is 7.53. The molecule has 17 heavy (non-hydrogen) atoms. The Hall–Kier alpha value is -0.620. The molecule has 0 spiro atoms. The summed E-state index contributed by atoms with van der Waals surface area (Å²) < 4.78 is 24.2. The van der Waals surface area contributed by atoms with E-state index in [0.717, 1.165) is 23.6 Å². The van der Waals surface area contributed by atoms with Gasteiger partial charge in [0.2, 0.25) is 0 Å². The van der Waals surface area contributed by atoms with Gasteiger partial charge in [-0.05, 0) is 26.7 Å². The highest BCUT2D eigenvalue weighted by molar-refractivity contribution is 7.94. The molecule has 2 rings (SSSR count). The first kappa shape index (κ1) is 12.8. The number of carbonyl (C=O) groups is 1. The summed E-state index contributed by atoms with van der Waals surface area (Å²) in [6.45, 7) is 3.16. The zero-order valence-corrected chi connectivity index (χ0v) is 11.2. The van der Waals surface area contributed by atoms with Crippen LogP contribution < -0.4 is 5.73 Å². The molecule has 98 valence electrons. The molecular formula is C11H20N2O3S. The maximum absolute atomic E-state index is 12.2. The standard InChI is InChI=1S/C11H20N2O3S/c1-10(2)9(14)13(17(10,15)16)11(8-12)6-4-3-5-7-11/h3-8,12H2,1-2H3. The third kappa shape index (κ3) is 1.46. The summed E-state index contributed by atoms with van der Waals surface area (Å²) in [5, 5.41) is 0. The van der Waals surface area contributed by atoms with Gasteiger partial charge >= 0.3 is 0 Å². The molecule has 1 aliphatic carbocycles. The van der Waals surface area contributed by atoms with Crippen molar-refractivity contribution in [1.82, 2.24) is 4.31 Å². The van der Waals surface area contributed by atoms with Gasteiger partial charge in [-0.3, -0.25) is 4.79 Å². The van der Waals surface area contributed by atoms with Gasteiger partial charge in [-0.15, -0.1) is 0 Å². The van der Waals surface area contributed by atoms with Crippen molar-refractivity contribution in [3.63, 3.8) is 0 Å². The lowest BCUT2D eigenvalue weighted by molar-refractivity contribution is -0.138. The number of carbonyl (C=O) groups excluding carboxylic acids is 1. The van der Waals surface area contributed by atoms with Gasteiger partial charge in [-0.2, -0.15) is 0 Å². The fraction of sp³-hybridized carbons (Fsp3) is 0.909. The summed E-state index contributed by atoms with van der Waals surface area (Å²) in [7, 11) is -3.52. The van der Waals surface area contributed by atoms with Crippen molar-refractivity contribution in [2.45, 2.75) is 56.2 Å². The number of nitrogens with two attached hydrogens (primary N) is 1. The molecule has 0 radical (unpaired) electrons. The Labute approximate surface area is 102 Å². The van der Waals surface area contributed by atoms with Gasteiger partial charge in [0, 0.05) is 6.54 Å². The highest BCUT2D eigenvalue weighted by atomic mass is 32.2. The summed E-state index contributed by atoms with van der Waals surface area (Å²) >= 11 is 0. The second-order valence-corrected chi connectivity index (χ2v) is 7.91. The largest absolute Gasteiger partial charge is 0.328 e. The maximum atomic E-state index is 12.2. The Balaban J connectivity index is 2.38. The predicted molar refractivity (Wildman–Crippen MR) is 64.7 cm³/mol. The van der Waals surface area contributed by atoms with Gasteiger partial charge in [-0.1, -0.05) is 19.3 Å². The van der Waals surface area contributed by atoms with Gasteiger partial charge in [0.05, 0.1) is 5.54 Å². The number of amides is 1. The zero-order valence-electron chi connectivity index (χ0n) is 10.4. The molecule has 2 aliphatic rings. The van der Waals surface area contributed by atoms with E-state index in [-0.39, 0.29) is 12.5 Å². The summed E-state index contributed by atoms with van der Waals surface area (Å²) in [5.41, 5.74) is 5.11. The summed E-state index contributed by atoms with van der Waals surface area (Å²) in [6.07, 6.45) is 4.37. The monoisotopic (exact) mass is 260 g/mol. The van der Waals surface area contributed by atoms with Crippen LogP contribution in [0.25, 0.3) is 0 Å². The minimum Gasteiger partial charge on any atom is -0.328 e. The van der Waals surface area contributed by atoms with Crippen molar-refractivity contribution in [2.75, 3.05) is 6.54 Å². The molecule has 1 saturated carbocycles. The van der Waals surface area contributed by atoms with Crippen LogP contribution >= 0.6 is 0 Å². The molecule has 1 amide bonds. The van der Waals surface area contributed by atoms with E-state index in [4.69, 9.17) is 5.73 Å². The summed E-state index contributed by atoms with van der Waals surface area (Å²) in [4.78, 5) is 12.1. The van der Waals surface area contributed by atoms with Crippen molar-refractivity contribution >= 4 is 15.9 Å². The van der Waals surface area contributed by atoms with Crippen LogP contribution in [0.15, 0.2) is 0 Å². The van der Waals surface area contributed by atoms with Crippen LogP contribution in [0.4, 0.5) is 0 Å². The summed E-state index contributed by atoms with van der Waals surface area (Å²) in [6, 6.07) is 0. The maximum Gasteiger partial charge on any atom is 0.259 e. The first-order chi connectivity index (χ1) is 7.79. The first-order valence-electron chi connectivity index (χ1n) is 6.09. The molecule has 1 saturated heterocycles.